The Balaban J connectivity index is 1.39. The third-order valence-corrected chi connectivity index (χ3v) is 6.53. The van der Waals surface area contributed by atoms with Gasteiger partial charge in [-0.05, 0) is 43.9 Å². The predicted molar refractivity (Wildman–Crippen MR) is 120 cm³/mol. The summed E-state index contributed by atoms with van der Waals surface area (Å²) in [5.74, 6) is 0.133. The third-order valence-electron chi connectivity index (χ3n) is 6.53. The second-order valence-corrected chi connectivity index (χ2v) is 8.65. The van der Waals surface area contributed by atoms with Gasteiger partial charge in [0.25, 0.3) is 0 Å². The number of hydrogen-bond donors (Lipinski definition) is 2. The minimum absolute atomic E-state index is 0.315. The first-order valence-electron chi connectivity index (χ1n) is 11.1. The van der Waals surface area contributed by atoms with E-state index in [1.807, 2.05) is 0 Å². The number of aromatic nitrogens is 2. The molecule has 5 rings (SSSR count). The number of methoxy groups -OCH3 is 1. The number of amides is 2. The SMILES string of the molecule is COC(=O)n1ncc2c(NC(=O)NC3CC4(CCCCC4)Oc4cc(F)ccc43)cccc21. The smallest absolute Gasteiger partial charge is 0.434 e. The fourth-order valence-corrected chi connectivity index (χ4v) is 4.98. The lowest BCUT2D eigenvalue weighted by molar-refractivity contribution is -0.00129. The van der Waals surface area contributed by atoms with Crippen LogP contribution in [0.15, 0.2) is 42.6 Å². The highest BCUT2D eigenvalue weighted by atomic mass is 19.1. The van der Waals surface area contributed by atoms with Crippen molar-refractivity contribution in [3.8, 4) is 5.75 Å². The average Bonchev–Trinajstić information content (AvgIpc) is 3.24. The Kier molecular flexibility index (Phi) is 5.39. The van der Waals surface area contributed by atoms with Gasteiger partial charge < -0.3 is 20.1 Å². The first-order valence-corrected chi connectivity index (χ1v) is 11.1. The molecule has 0 saturated heterocycles. The van der Waals surface area contributed by atoms with Crippen LogP contribution in [-0.2, 0) is 4.74 Å². The number of urea groups is 1. The minimum Gasteiger partial charge on any atom is -0.487 e. The van der Waals surface area contributed by atoms with E-state index in [-0.39, 0.29) is 11.9 Å². The van der Waals surface area contributed by atoms with Gasteiger partial charge in [0.15, 0.2) is 0 Å². The number of carbonyl (C=O) groups excluding carboxylic acids is 2. The molecule has 2 aliphatic rings. The van der Waals surface area contributed by atoms with Crippen molar-refractivity contribution in [2.24, 2.45) is 0 Å². The molecule has 1 aliphatic heterocycles. The van der Waals surface area contributed by atoms with Crippen LogP contribution in [0.2, 0.25) is 0 Å². The van der Waals surface area contributed by atoms with Gasteiger partial charge in [0, 0.05) is 23.4 Å². The van der Waals surface area contributed by atoms with Gasteiger partial charge in [0.05, 0.1) is 30.6 Å². The van der Waals surface area contributed by atoms with Gasteiger partial charge in [-0.25, -0.2) is 14.0 Å². The zero-order chi connectivity index (χ0) is 23.0. The highest BCUT2D eigenvalue weighted by Crippen LogP contribution is 2.46. The molecule has 2 amide bonds. The molecule has 8 nitrogen and oxygen atoms in total. The maximum atomic E-state index is 13.9. The Morgan fingerprint density at radius 3 is 2.82 bits per heavy atom. The van der Waals surface area contributed by atoms with Crippen molar-refractivity contribution in [1.82, 2.24) is 15.1 Å². The molecule has 2 N–H and O–H groups in total. The number of ether oxygens (including phenoxy) is 2. The highest BCUT2D eigenvalue weighted by molar-refractivity contribution is 6.02. The molecule has 1 atom stereocenters. The molecule has 0 bridgehead atoms. The van der Waals surface area contributed by atoms with E-state index in [9.17, 15) is 14.0 Å². The van der Waals surface area contributed by atoms with Crippen LogP contribution < -0.4 is 15.4 Å². The Bertz CT molecular complexity index is 1220. The van der Waals surface area contributed by atoms with Crippen molar-refractivity contribution in [3.63, 3.8) is 0 Å². The summed E-state index contributed by atoms with van der Waals surface area (Å²) in [7, 11) is 1.28. The Morgan fingerprint density at radius 2 is 2.03 bits per heavy atom. The van der Waals surface area contributed by atoms with Crippen molar-refractivity contribution < 1.29 is 23.5 Å². The van der Waals surface area contributed by atoms with Crippen LogP contribution in [0.25, 0.3) is 10.9 Å². The molecule has 2 heterocycles. The van der Waals surface area contributed by atoms with Crippen LogP contribution in [0.5, 0.6) is 5.75 Å². The number of carbonyl (C=O) groups is 2. The Hall–Kier alpha value is -3.62. The van der Waals surface area contributed by atoms with Crippen molar-refractivity contribution in [3.05, 3.63) is 54.0 Å². The summed E-state index contributed by atoms with van der Waals surface area (Å²) < 4.78 is 26.1. The van der Waals surface area contributed by atoms with Gasteiger partial charge in [0.1, 0.15) is 17.2 Å². The summed E-state index contributed by atoms with van der Waals surface area (Å²) in [6, 6.07) is 8.93. The number of anilines is 1. The molecule has 172 valence electrons. The molecule has 1 aromatic heterocycles. The molecular formula is C24H25FN4O4. The van der Waals surface area contributed by atoms with E-state index >= 15 is 0 Å². The number of nitrogens with one attached hydrogen (secondary N) is 2. The molecule has 2 aromatic carbocycles. The Labute approximate surface area is 190 Å². The van der Waals surface area contributed by atoms with Crippen molar-refractivity contribution >= 4 is 28.7 Å². The topological polar surface area (TPSA) is 94.5 Å². The summed E-state index contributed by atoms with van der Waals surface area (Å²) in [4.78, 5) is 24.9. The van der Waals surface area contributed by atoms with Crippen LogP contribution in [0.1, 0.15) is 50.1 Å². The third kappa shape index (κ3) is 3.99. The number of nitrogens with zero attached hydrogens (tertiary/aromatic N) is 2. The van der Waals surface area contributed by atoms with E-state index in [4.69, 9.17) is 9.47 Å². The molecule has 1 saturated carbocycles. The van der Waals surface area contributed by atoms with Crippen LogP contribution in [-0.4, -0.2) is 34.6 Å². The number of benzene rings is 2. The lowest BCUT2D eigenvalue weighted by atomic mass is 9.77. The fourth-order valence-electron chi connectivity index (χ4n) is 4.98. The molecule has 1 unspecified atom stereocenters. The van der Waals surface area contributed by atoms with E-state index in [1.54, 1.807) is 24.3 Å². The second kappa shape index (κ2) is 8.38. The molecule has 1 spiro atoms. The number of hydrogen-bond acceptors (Lipinski definition) is 5. The van der Waals surface area contributed by atoms with Gasteiger partial charge in [-0.2, -0.15) is 9.78 Å². The molecular weight excluding hydrogens is 427 g/mol. The summed E-state index contributed by atoms with van der Waals surface area (Å²) in [6.07, 6.45) is 6.54. The summed E-state index contributed by atoms with van der Waals surface area (Å²) >= 11 is 0. The fraction of sp³-hybridized carbons (Fsp3) is 0.375. The number of rotatable bonds is 2. The maximum Gasteiger partial charge on any atom is 0.434 e. The molecule has 0 radical (unpaired) electrons. The lowest BCUT2D eigenvalue weighted by Crippen LogP contribution is -2.47. The summed E-state index contributed by atoms with van der Waals surface area (Å²) in [5, 5.41) is 10.6. The normalized spacial score (nSPS) is 18.9. The molecule has 1 fully saturated rings. The first kappa shape index (κ1) is 21.2. The molecule has 9 heteroatoms. The van der Waals surface area contributed by atoms with Crippen LogP contribution >= 0.6 is 0 Å². The largest absolute Gasteiger partial charge is 0.487 e. The van der Waals surface area contributed by atoms with Crippen molar-refractivity contribution in [2.45, 2.75) is 50.2 Å². The van der Waals surface area contributed by atoms with Crippen LogP contribution in [0.3, 0.4) is 0 Å². The second-order valence-electron chi connectivity index (χ2n) is 8.65. The highest BCUT2D eigenvalue weighted by Gasteiger charge is 2.42. The zero-order valence-corrected chi connectivity index (χ0v) is 18.3. The monoisotopic (exact) mass is 452 g/mol. The summed E-state index contributed by atoms with van der Waals surface area (Å²) in [5.41, 5.74) is 1.41. The molecule has 3 aromatic rings. The number of halogens is 1. The van der Waals surface area contributed by atoms with Crippen LogP contribution in [0.4, 0.5) is 19.7 Å². The van der Waals surface area contributed by atoms with E-state index < -0.39 is 17.7 Å². The quantitative estimate of drug-likeness (QED) is 0.562. The Morgan fingerprint density at radius 1 is 1.21 bits per heavy atom. The predicted octanol–water partition coefficient (Wildman–Crippen LogP) is 5.14. The maximum absolute atomic E-state index is 13.9. The van der Waals surface area contributed by atoms with E-state index in [2.05, 4.69) is 15.7 Å². The van der Waals surface area contributed by atoms with E-state index in [0.717, 1.165) is 42.3 Å². The van der Waals surface area contributed by atoms with Gasteiger partial charge in [-0.15, -0.1) is 0 Å². The summed E-state index contributed by atoms with van der Waals surface area (Å²) in [6.45, 7) is 0. The van der Waals surface area contributed by atoms with Gasteiger partial charge in [0.2, 0.25) is 0 Å². The van der Waals surface area contributed by atoms with Crippen molar-refractivity contribution in [2.75, 3.05) is 12.4 Å². The van der Waals surface area contributed by atoms with Gasteiger partial charge >= 0.3 is 12.1 Å². The lowest BCUT2D eigenvalue weighted by Gasteiger charge is -2.44. The van der Waals surface area contributed by atoms with Crippen LogP contribution in [0, 0.1) is 5.82 Å². The molecule has 1 aliphatic carbocycles. The zero-order valence-electron chi connectivity index (χ0n) is 18.3. The van der Waals surface area contributed by atoms with Gasteiger partial charge in [-0.3, -0.25) is 0 Å². The first-order chi connectivity index (χ1) is 16.0. The van der Waals surface area contributed by atoms with Crippen molar-refractivity contribution in [1.29, 1.82) is 0 Å². The number of fused-ring (bicyclic) bond motifs is 2. The molecule has 33 heavy (non-hydrogen) atoms. The van der Waals surface area contributed by atoms with E-state index in [1.165, 1.54) is 25.4 Å². The van der Waals surface area contributed by atoms with E-state index in [0.29, 0.717) is 28.8 Å². The minimum atomic E-state index is -0.615. The standard InChI is InChI=1S/C24H25FN4O4/c1-32-23(31)29-20-7-5-6-18(17(20)14-26-29)27-22(30)28-19-13-24(10-3-2-4-11-24)33-21-12-15(25)8-9-16(19)21/h5-9,12,14,19H,2-4,10-11,13H2,1H3,(H2,27,28,30). The van der Waals surface area contributed by atoms with Gasteiger partial charge in [-0.1, -0.05) is 18.6 Å². The average molecular weight is 452 g/mol.